The van der Waals surface area contributed by atoms with E-state index >= 15 is 0 Å². The minimum absolute atomic E-state index is 0.0956. The Balaban J connectivity index is 1.94. The number of nitrogens with zero attached hydrogens (tertiary/aromatic N) is 4. The molecule has 0 amide bonds. The SMILES string of the molecule is CC1c2ccccc2CCN1c1nc2ccccn2c(=O)c1[N+](=O)[O-]. The van der Waals surface area contributed by atoms with Crippen LogP contribution in [0.1, 0.15) is 24.1 Å². The van der Waals surface area contributed by atoms with Gasteiger partial charge in [0.15, 0.2) is 0 Å². The summed E-state index contributed by atoms with van der Waals surface area (Å²) in [6, 6.07) is 13.0. The van der Waals surface area contributed by atoms with Gasteiger partial charge >= 0.3 is 11.2 Å². The van der Waals surface area contributed by atoms with Crippen molar-refractivity contribution in [2.24, 2.45) is 0 Å². The van der Waals surface area contributed by atoms with Crippen molar-refractivity contribution in [2.45, 2.75) is 19.4 Å². The minimum Gasteiger partial charge on any atom is -0.344 e. The molecule has 4 rings (SSSR count). The summed E-state index contributed by atoms with van der Waals surface area (Å²) in [5.41, 5.74) is 1.61. The van der Waals surface area contributed by atoms with Crippen LogP contribution in [0.5, 0.6) is 0 Å². The van der Waals surface area contributed by atoms with E-state index in [1.165, 1.54) is 16.2 Å². The van der Waals surface area contributed by atoms with Gasteiger partial charge in [0, 0.05) is 12.7 Å². The molecule has 1 atom stereocenters. The van der Waals surface area contributed by atoms with E-state index < -0.39 is 16.2 Å². The molecule has 0 radical (unpaired) electrons. The number of nitro groups is 1. The second kappa shape index (κ2) is 5.70. The van der Waals surface area contributed by atoms with Gasteiger partial charge in [0.05, 0.1) is 11.0 Å². The third kappa shape index (κ3) is 2.36. The molecule has 3 aromatic rings. The molecular weight excluding hydrogens is 320 g/mol. The van der Waals surface area contributed by atoms with Crippen LogP contribution in [0.25, 0.3) is 5.65 Å². The van der Waals surface area contributed by atoms with Gasteiger partial charge < -0.3 is 4.90 Å². The molecule has 0 aliphatic carbocycles. The van der Waals surface area contributed by atoms with Gasteiger partial charge in [-0.2, -0.15) is 0 Å². The van der Waals surface area contributed by atoms with Gasteiger partial charge in [-0.05, 0) is 36.6 Å². The van der Waals surface area contributed by atoms with Crippen LogP contribution in [-0.2, 0) is 6.42 Å². The average molecular weight is 336 g/mol. The van der Waals surface area contributed by atoms with Crippen molar-refractivity contribution < 1.29 is 4.92 Å². The Hall–Kier alpha value is -3.22. The number of aromatic nitrogens is 2. The summed E-state index contributed by atoms with van der Waals surface area (Å²) in [6.45, 7) is 2.56. The van der Waals surface area contributed by atoms with Crippen molar-refractivity contribution in [3.8, 4) is 0 Å². The van der Waals surface area contributed by atoms with Crippen LogP contribution >= 0.6 is 0 Å². The Kier molecular flexibility index (Phi) is 3.49. The first-order chi connectivity index (χ1) is 12.1. The fraction of sp³-hybridized carbons (Fsp3) is 0.222. The van der Waals surface area contributed by atoms with E-state index in [4.69, 9.17) is 0 Å². The standard InChI is InChI=1S/C18H16N4O3/c1-12-14-7-3-2-6-13(14)9-11-20(12)17-16(22(24)25)18(23)21-10-5-4-8-15(21)19-17/h2-8,10,12H,9,11H2,1H3. The fourth-order valence-corrected chi connectivity index (χ4v) is 3.49. The molecule has 0 saturated carbocycles. The fourth-order valence-electron chi connectivity index (χ4n) is 3.49. The third-order valence-electron chi connectivity index (χ3n) is 4.74. The predicted molar refractivity (Wildman–Crippen MR) is 94.0 cm³/mol. The number of rotatable bonds is 2. The summed E-state index contributed by atoms with van der Waals surface area (Å²) in [7, 11) is 0. The van der Waals surface area contributed by atoms with E-state index in [0.717, 1.165) is 12.0 Å². The maximum Gasteiger partial charge on any atom is 0.376 e. The number of hydrogen-bond donors (Lipinski definition) is 0. The molecule has 1 aliphatic heterocycles. The van der Waals surface area contributed by atoms with E-state index in [1.54, 1.807) is 18.2 Å². The van der Waals surface area contributed by atoms with Crippen LogP contribution in [0.3, 0.4) is 0 Å². The first-order valence-electron chi connectivity index (χ1n) is 8.08. The molecule has 1 aromatic carbocycles. The average Bonchev–Trinajstić information content (AvgIpc) is 2.62. The van der Waals surface area contributed by atoms with E-state index in [2.05, 4.69) is 11.1 Å². The van der Waals surface area contributed by atoms with Crippen molar-refractivity contribution in [3.05, 3.63) is 80.3 Å². The second-order valence-corrected chi connectivity index (χ2v) is 6.09. The number of fused-ring (bicyclic) bond motifs is 2. The van der Waals surface area contributed by atoms with Crippen molar-refractivity contribution in [2.75, 3.05) is 11.4 Å². The molecular formula is C18H16N4O3. The van der Waals surface area contributed by atoms with Gasteiger partial charge in [0.1, 0.15) is 5.65 Å². The van der Waals surface area contributed by atoms with Crippen LogP contribution in [0.15, 0.2) is 53.5 Å². The number of anilines is 1. The Morgan fingerprint density at radius 3 is 2.76 bits per heavy atom. The van der Waals surface area contributed by atoms with Crippen LogP contribution in [0, 0.1) is 10.1 Å². The Bertz CT molecular complexity index is 1040. The number of benzene rings is 1. The Labute approximate surface area is 143 Å². The van der Waals surface area contributed by atoms with Gasteiger partial charge in [-0.3, -0.25) is 19.3 Å². The van der Waals surface area contributed by atoms with E-state index in [9.17, 15) is 14.9 Å². The van der Waals surface area contributed by atoms with Gasteiger partial charge in [0.2, 0.25) is 5.82 Å². The zero-order valence-electron chi connectivity index (χ0n) is 13.6. The van der Waals surface area contributed by atoms with Crippen LogP contribution in [0.4, 0.5) is 11.5 Å². The van der Waals surface area contributed by atoms with E-state index in [1.807, 2.05) is 30.0 Å². The molecule has 1 unspecified atom stereocenters. The molecule has 25 heavy (non-hydrogen) atoms. The number of hydrogen-bond acceptors (Lipinski definition) is 5. The largest absolute Gasteiger partial charge is 0.376 e. The van der Waals surface area contributed by atoms with Crippen molar-refractivity contribution >= 4 is 17.2 Å². The maximum atomic E-state index is 12.6. The normalized spacial score (nSPS) is 16.7. The lowest BCUT2D eigenvalue weighted by Gasteiger charge is -2.35. The molecule has 2 aromatic heterocycles. The molecule has 126 valence electrons. The summed E-state index contributed by atoms with van der Waals surface area (Å²) >= 11 is 0. The van der Waals surface area contributed by atoms with Crippen LogP contribution in [0.2, 0.25) is 0 Å². The molecule has 7 nitrogen and oxygen atoms in total. The monoisotopic (exact) mass is 336 g/mol. The lowest BCUT2D eigenvalue weighted by molar-refractivity contribution is -0.385. The van der Waals surface area contributed by atoms with Gasteiger partial charge in [-0.1, -0.05) is 30.3 Å². The third-order valence-corrected chi connectivity index (χ3v) is 4.74. The highest BCUT2D eigenvalue weighted by molar-refractivity contribution is 5.63. The molecule has 0 N–H and O–H groups in total. The zero-order chi connectivity index (χ0) is 17.6. The molecule has 0 fully saturated rings. The van der Waals surface area contributed by atoms with Crippen LogP contribution in [-0.4, -0.2) is 20.9 Å². The highest BCUT2D eigenvalue weighted by Crippen LogP contribution is 2.35. The lowest BCUT2D eigenvalue weighted by atomic mass is 9.93. The van der Waals surface area contributed by atoms with Gasteiger partial charge in [-0.25, -0.2) is 4.98 Å². The van der Waals surface area contributed by atoms with Crippen molar-refractivity contribution in [1.29, 1.82) is 0 Å². The zero-order valence-corrected chi connectivity index (χ0v) is 13.6. The molecule has 3 heterocycles. The predicted octanol–water partition coefficient (Wildman–Crippen LogP) is 2.73. The molecule has 0 saturated heterocycles. The summed E-state index contributed by atoms with van der Waals surface area (Å²) in [5.74, 6) is 0.142. The second-order valence-electron chi connectivity index (χ2n) is 6.09. The summed E-state index contributed by atoms with van der Waals surface area (Å²) in [4.78, 5) is 29.9. The van der Waals surface area contributed by atoms with Gasteiger partial charge in [-0.15, -0.1) is 0 Å². The summed E-state index contributed by atoms with van der Waals surface area (Å²) < 4.78 is 1.21. The topological polar surface area (TPSA) is 80.8 Å². The molecule has 7 heteroatoms. The molecule has 0 spiro atoms. The first kappa shape index (κ1) is 15.3. The maximum absolute atomic E-state index is 12.6. The summed E-state index contributed by atoms with van der Waals surface area (Å²) in [5, 5.41) is 11.6. The lowest BCUT2D eigenvalue weighted by Crippen LogP contribution is -2.36. The summed E-state index contributed by atoms with van der Waals surface area (Å²) in [6.07, 6.45) is 2.25. The van der Waals surface area contributed by atoms with E-state index in [-0.39, 0.29) is 11.9 Å². The highest BCUT2D eigenvalue weighted by atomic mass is 16.6. The van der Waals surface area contributed by atoms with Crippen molar-refractivity contribution in [3.63, 3.8) is 0 Å². The highest BCUT2D eigenvalue weighted by Gasteiger charge is 2.33. The van der Waals surface area contributed by atoms with E-state index in [0.29, 0.717) is 12.2 Å². The smallest absolute Gasteiger partial charge is 0.344 e. The van der Waals surface area contributed by atoms with Crippen molar-refractivity contribution in [1.82, 2.24) is 9.38 Å². The minimum atomic E-state index is -0.656. The van der Waals surface area contributed by atoms with Gasteiger partial charge in [0.25, 0.3) is 0 Å². The first-order valence-corrected chi connectivity index (χ1v) is 8.08. The Morgan fingerprint density at radius 1 is 1.20 bits per heavy atom. The molecule has 0 bridgehead atoms. The molecule has 1 aliphatic rings. The quantitative estimate of drug-likeness (QED) is 0.531. The number of pyridine rings is 1. The van der Waals surface area contributed by atoms with Crippen LogP contribution < -0.4 is 10.5 Å². The Morgan fingerprint density at radius 2 is 1.96 bits per heavy atom.